The van der Waals surface area contributed by atoms with Crippen LogP contribution in [0.5, 0.6) is 0 Å². The van der Waals surface area contributed by atoms with Gasteiger partial charge in [0.1, 0.15) is 0 Å². The molecule has 2 fully saturated rings. The summed E-state index contributed by atoms with van der Waals surface area (Å²) in [5.74, 6) is 0.899. The molecule has 2 N–H and O–H groups in total. The van der Waals surface area contributed by atoms with E-state index in [9.17, 15) is 4.79 Å². The van der Waals surface area contributed by atoms with Gasteiger partial charge >= 0.3 is 0 Å². The Morgan fingerprint density at radius 3 is 2.38 bits per heavy atom. The lowest BCUT2D eigenvalue weighted by molar-refractivity contribution is -0.136. The number of hydrogen-bond donors (Lipinski definition) is 1. The maximum atomic E-state index is 12.3. The van der Waals surface area contributed by atoms with Gasteiger partial charge in [0, 0.05) is 13.6 Å². The highest BCUT2D eigenvalue weighted by atomic mass is 16.2. The number of likely N-dealkylation sites (N-methyl/N-ethyl adjacent to an activating group) is 1. The van der Waals surface area contributed by atoms with Crippen molar-refractivity contribution in [2.75, 3.05) is 13.6 Å². The molecule has 2 saturated carbocycles. The van der Waals surface area contributed by atoms with Gasteiger partial charge in [-0.3, -0.25) is 4.79 Å². The number of rotatable bonds is 3. The number of amides is 1. The zero-order valence-electron chi connectivity index (χ0n) is 10.4. The summed E-state index contributed by atoms with van der Waals surface area (Å²) >= 11 is 0. The number of nitrogens with two attached hydrogens (primary N) is 1. The van der Waals surface area contributed by atoms with E-state index in [4.69, 9.17) is 5.73 Å². The summed E-state index contributed by atoms with van der Waals surface area (Å²) in [5, 5.41) is 0. The summed E-state index contributed by atoms with van der Waals surface area (Å²) in [6.07, 6.45) is 9.21. The van der Waals surface area contributed by atoms with Gasteiger partial charge in [0.15, 0.2) is 0 Å². The van der Waals surface area contributed by atoms with Crippen LogP contribution in [0.25, 0.3) is 0 Å². The van der Waals surface area contributed by atoms with Gasteiger partial charge in [-0.25, -0.2) is 0 Å². The zero-order valence-corrected chi connectivity index (χ0v) is 10.4. The molecule has 0 aromatic carbocycles. The lowest BCUT2D eigenvalue weighted by Gasteiger charge is -2.30. The van der Waals surface area contributed by atoms with Crippen molar-refractivity contribution < 1.29 is 4.79 Å². The molecule has 2 aliphatic rings. The first-order chi connectivity index (χ1) is 7.62. The van der Waals surface area contributed by atoms with E-state index in [1.54, 1.807) is 0 Å². The fourth-order valence-electron chi connectivity index (χ4n) is 3.26. The van der Waals surface area contributed by atoms with E-state index < -0.39 is 5.54 Å². The molecular weight excluding hydrogens is 200 g/mol. The first kappa shape index (κ1) is 11.9. The number of carbonyl (C=O) groups is 1. The molecule has 0 aromatic rings. The first-order valence-corrected chi connectivity index (χ1v) is 6.66. The van der Waals surface area contributed by atoms with E-state index >= 15 is 0 Å². The van der Waals surface area contributed by atoms with Crippen molar-refractivity contribution >= 4 is 5.91 Å². The third-order valence-electron chi connectivity index (χ3n) is 4.28. The van der Waals surface area contributed by atoms with E-state index in [1.807, 2.05) is 11.9 Å². The summed E-state index contributed by atoms with van der Waals surface area (Å²) < 4.78 is 0. The normalized spacial score (nSPS) is 24.9. The highest BCUT2D eigenvalue weighted by molar-refractivity contribution is 5.86. The van der Waals surface area contributed by atoms with Crippen LogP contribution in [0.4, 0.5) is 0 Å². The van der Waals surface area contributed by atoms with Crippen molar-refractivity contribution in [1.29, 1.82) is 0 Å². The topological polar surface area (TPSA) is 46.3 Å². The monoisotopic (exact) mass is 224 g/mol. The Morgan fingerprint density at radius 2 is 1.81 bits per heavy atom. The van der Waals surface area contributed by atoms with Crippen LogP contribution in [-0.2, 0) is 4.79 Å². The maximum Gasteiger partial charge on any atom is 0.242 e. The smallest absolute Gasteiger partial charge is 0.242 e. The van der Waals surface area contributed by atoms with Crippen LogP contribution in [0.3, 0.4) is 0 Å². The molecule has 2 rings (SSSR count). The summed E-state index contributed by atoms with van der Waals surface area (Å²) in [5.41, 5.74) is 5.65. The molecule has 0 bridgehead atoms. The summed E-state index contributed by atoms with van der Waals surface area (Å²) in [4.78, 5) is 14.1. The summed E-state index contributed by atoms with van der Waals surface area (Å²) in [6.45, 7) is 0.914. The Bertz CT molecular complexity index is 253. The fourth-order valence-corrected chi connectivity index (χ4v) is 3.26. The lowest BCUT2D eigenvalue weighted by Crippen LogP contribution is -2.53. The van der Waals surface area contributed by atoms with Gasteiger partial charge in [0.2, 0.25) is 5.91 Å². The second-order valence-corrected chi connectivity index (χ2v) is 5.70. The molecule has 0 radical (unpaired) electrons. The fraction of sp³-hybridized carbons (Fsp3) is 0.923. The Kier molecular flexibility index (Phi) is 3.53. The number of hydrogen-bond acceptors (Lipinski definition) is 2. The largest absolute Gasteiger partial charge is 0.344 e. The molecule has 0 atom stereocenters. The lowest BCUT2D eigenvalue weighted by atomic mass is 9.96. The minimum Gasteiger partial charge on any atom is -0.344 e. The van der Waals surface area contributed by atoms with Gasteiger partial charge < -0.3 is 10.6 Å². The van der Waals surface area contributed by atoms with Gasteiger partial charge in [-0.1, -0.05) is 25.7 Å². The van der Waals surface area contributed by atoms with Crippen molar-refractivity contribution in [2.45, 2.75) is 56.9 Å². The van der Waals surface area contributed by atoms with Crippen molar-refractivity contribution in [3.05, 3.63) is 0 Å². The van der Waals surface area contributed by atoms with Crippen LogP contribution in [0.15, 0.2) is 0 Å². The molecule has 16 heavy (non-hydrogen) atoms. The predicted octanol–water partition coefficient (Wildman–Crippen LogP) is 1.91. The third kappa shape index (κ3) is 2.40. The molecule has 0 spiro atoms. The molecule has 0 unspecified atom stereocenters. The van der Waals surface area contributed by atoms with Crippen LogP contribution >= 0.6 is 0 Å². The second-order valence-electron chi connectivity index (χ2n) is 5.70. The molecule has 2 aliphatic carbocycles. The molecule has 1 amide bonds. The average molecular weight is 224 g/mol. The molecule has 0 heterocycles. The minimum atomic E-state index is -0.534. The molecule has 0 saturated heterocycles. The maximum absolute atomic E-state index is 12.3. The van der Waals surface area contributed by atoms with Crippen molar-refractivity contribution in [1.82, 2.24) is 4.90 Å². The van der Waals surface area contributed by atoms with Gasteiger partial charge in [-0.05, 0) is 31.6 Å². The van der Waals surface area contributed by atoms with E-state index in [2.05, 4.69) is 0 Å². The Morgan fingerprint density at radius 1 is 1.25 bits per heavy atom. The Balaban J connectivity index is 1.88. The van der Waals surface area contributed by atoms with E-state index in [-0.39, 0.29) is 5.91 Å². The van der Waals surface area contributed by atoms with Crippen LogP contribution in [0.2, 0.25) is 0 Å². The Hall–Kier alpha value is -0.570. The van der Waals surface area contributed by atoms with Crippen molar-refractivity contribution in [3.8, 4) is 0 Å². The summed E-state index contributed by atoms with van der Waals surface area (Å²) in [6, 6.07) is 0. The second kappa shape index (κ2) is 4.74. The standard InChI is InChI=1S/C13H24N2O/c1-15(10-11-6-2-3-7-11)12(16)13(14)8-4-5-9-13/h11H,2-10,14H2,1H3. The van der Waals surface area contributed by atoms with E-state index in [0.29, 0.717) is 0 Å². The molecule has 0 aliphatic heterocycles. The van der Waals surface area contributed by atoms with Gasteiger partial charge in [0.05, 0.1) is 5.54 Å². The van der Waals surface area contributed by atoms with Crippen molar-refractivity contribution in [3.63, 3.8) is 0 Å². The molecular formula is C13H24N2O. The highest BCUT2D eigenvalue weighted by Crippen LogP contribution is 2.30. The molecule has 0 aromatic heterocycles. The Labute approximate surface area is 98.4 Å². The van der Waals surface area contributed by atoms with Gasteiger partial charge in [0.25, 0.3) is 0 Å². The van der Waals surface area contributed by atoms with Crippen molar-refractivity contribution in [2.24, 2.45) is 11.7 Å². The van der Waals surface area contributed by atoms with Crippen LogP contribution < -0.4 is 5.73 Å². The minimum absolute atomic E-state index is 0.178. The number of nitrogens with zero attached hydrogens (tertiary/aromatic N) is 1. The van der Waals surface area contributed by atoms with E-state index in [0.717, 1.165) is 38.1 Å². The molecule has 3 heteroatoms. The predicted molar refractivity (Wildman–Crippen MR) is 65.0 cm³/mol. The van der Waals surface area contributed by atoms with E-state index in [1.165, 1.54) is 25.7 Å². The van der Waals surface area contributed by atoms with Crippen LogP contribution in [0.1, 0.15) is 51.4 Å². The van der Waals surface area contributed by atoms with Gasteiger partial charge in [-0.15, -0.1) is 0 Å². The van der Waals surface area contributed by atoms with Crippen LogP contribution in [0, 0.1) is 5.92 Å². The zero-order chi connectivity index (χ0) is 11.6. The average Bonchev–Trinajstić information content (AvgIpc) is 2.89. The highest BCUT2D eigenvalue weighted by Gasteiger charge is 2.39. The molecule has 92 valence electrons. The SMILES string of the molecule is CN(CC1CCCC1)C(=O)C1(N)CCCC1. The third-order valence-corrected chi connectivity index (χ3v) is 4.28. The first-order valence-electron chi connectivity index (χ1n) is 6.66. The quantitative estimate of drug-likeness (QED) is 0.796. The number of carbonyl (C=O) groups excluding carboxylic acids is 1. The molecule has 3 nitrogen and oxygen atoms in total. The van der Waals surface area contributed by atoms with Gasteiger partial charge in [-0.2, -0.15) is 0 Å². The summed E-state index contributed by atoms with van der Waals surface area (Å²) in [7, 11) is 1.92. The van der Waals surface area contributed by atoms with Crippen LogP contribution in [-0.4, -0.2) is 29.9 Å².